The molecule has 0 unspecified atom stereocenters. The molecule has 1 atom stereocenters. The van der Waals surface area contributed by atoms with Crippen molar-refractivity contribution in [2.24, 2.45) is 7.05 Å². The second-order valence-corrected chi connectivity index (χ2v) is 8.23. The van der Waals surface area contributed by atoms with Gasteiger partial charge in [0.05, 0.1) is 18.5 Å². The highest BCUT2D eigenvalue weighted by Crippen LogP contribution is 2.30. The summed E-state index contributed by atoms with van der Waals surface area (Å²) in [6.45, 7) is 1.28. The lowest BCUT2D eigenvalue weighted by Crippen LogP contribution is -2.28. The Bertz CT molecular complexity index is 1460. The predicted octanol–water partition coefficient (Wildman–Crippen LogP) is 3.29. The fourth-order valence-corrected chi connectivity index (χ4v) is 3.51. The molecule has 2 aromatic carbocycles. The van der Waals surface area contributed by atoms with Crippen molar-refractivity contribution in [3.63, 3.8) is 0 Å². The number of ether oxygens (including phenoxy) is 1. The first-order valence-electron chi connectivity index (χ1n) is 11.1. The van der Waals surface area contributed by atoms with E-state index in [1.165, 1.54) is 30.2 Å². The van der Waals surface area contributed by atoms with Crippen molar-refractivity contribution in [2.75, 3.05) is 17.2 Å². The minimum Gasteiger partial charge on any atom is -0.488 e. The molecule has 0 aliphatic heterocycles. The van der Waals surface area contributed by atoms with Crippen LogP contribution >= 0.6 is 0 Å². The summed E-state index contributed by atoms with van der Waals surface area (Å²) < 4.78 is 46.3. The molecule has 0 aliphatic carbocycles. The number of benzene rings is 2. The largest absolute Gasteiger partial charge is 0.488 e. The topological polar surface area (TPSA) is 123 Å². The van der Waals surface area contributed by atoms with Crippen LogP contribution in [0.15, 0.2) is 59.7 Å². The molecule has 1 amide bonds. The van der Waals surface area contributed by atoms with Gasteiger partial charge < -0.3 is 20.5 Å². The number of anilines is 3. The van der Waals surface area contributed by atoms with E-state index in [2.05, 4.69) is 20.7 Å². The Morgan fingerprint density at radius 2 is 1.76 bits per heavy atom. The smallest absolute Gasteiger partial charge is 0.416 e. The van der Waals surface area contributed by atoms with Crippen LogP contribution in [0, 0.1) is 0 Å². The Hall–Kier alpha value is -4.39. The highest BCUT2D eigenvalue weighted by atomic mass is 19.4. The quantitative estimate of drug-likeness (QED) is 0.328. The zero-order valence-corrected chi connectivity index (χ0v) is 19.8. The van der Waals surface area contributed by atoms with Crippen LogP contribution in [-0.2, 0) is 24.6 Å². The van der Waals surface area contributed by atoms with Crippen LogP contribution < -0.4 is 20.9 Å². The molecule has 2 heterocycles. The van der Waals surface area contributed by atoms with Gasteiger partial charge >= 0.3 is 6.18 Å². The summed E-state index contributed by atoms with van der Waals surface area (Å²) in [6.07, 6.45) is -3.62. The number of rotatable bonds is 8. The monoisotopic (exact) mass is 516 g/mol. The Balaban J connectivity index is 1.48. The summed E-state index contributed by atoms with van der Waals surface area (Å²) in [4.78, 5) is 29.8. The fraction of sp³-hybridized carbons (Fsp3) is 0.250. The molecule has 194 valence electrons. The van der Waals surface area contributed by atoms with Gasteiger partial charge in [-0.05, 0) is 55.5 Å². The molecule has 4 aromatic rings. The lowest BCUT2D eigenvalue weighted by molar-refractivity contribution is -0.137. The van der Waals surface area contributed by atoms with Gasteiger partial charge in [0, 0.05) is 18.4 Å². The van der Waals surface area contributed by atoms with Crippen LogP contribution in [0.3, 0.4) is 0 Å². The molecule has 0 aliphatic rings. The van der Waals surface area contributed by atoms with E-state index < -0.39 is 23.2 Å². The van der Waals surface area contributed by atoms with Gasteiger partial charge in [-0.2, -0.15) is 18.3 Å². The average molecular weight is 516 g/mol. The number of aromatic nitrogens is 4. The van der Waals surface area contributed by atoms with Crippen molar-refractivity contribution < 1.29 is 27.8 Å². The van der Waals surface area contributed by atoms with Gasteiger partial charge in [-0.3, -0.25) is 18.8 Å². The second-order valence-electron chi connectivity index (χ2n) is 8.23. The Labute approximate surface area is 208 Å². The van der Waals surface area contributed by atoms with Gasteiger partial charge in [-0.25, -0.2) is 4.98 Å². The highest BCUT2D eigenvalue weighted by Gasteiger charge is 2.30. The fourth-order valence-electron chi connectivity index (χ4n) is 3.51. The van der Waals surface area contributed by atoms with E-state index in [-0.39, 0.29) is 36.1 Å². The van der Waals surface area contributed by atoms with Crippen LogP contribution in [0.1, 0.15) is 12.5 Å². The van der Waals surface area contributed by atoms with E-state index in [0.717, 1.165) is 16.7 Å². The van der Waals surface area contributed by atoms with Crippen molar-refractivity contribution in [1.82, 2.24) is 19.3 Å². The first kappa shape index (κ1) is 25.7. The summed E-state index contributed by atoms with van der Waals surface area (Å²) >= 11 is 0. The van der Waals surface area contributed by atoms with Crippen molar-refractivity contribution >= 4 is 34.1 Å². The molecular formula is C24H23F3N6O4. The van der Waals surface area contributed by atoms with E-state index in [0.29, 0.717) is 17.1 Å². The molecule has 13 heteroatoms. The SMILES string of the molecule is C[C@@H](CO)Oc1ccc(NC(=O)Cn2cnc3c(Nc4ccc(C(F)(F)F)cc4)nn(C)c3c2=O)cc1. The van der Waals surface area contributed by atoms with E-state index in [1.54, 1.807) is 31.2 Å². The molecule has 0 bridgehead atoms. The summed E-state index contributed by atoms with van der Waals surface area (Å²) in [7, 11) is 1.52. The third kappa shape index (κ3) is 5.89. The van der Waals surface area contributed by atoms with Gasteiger partial charge in [0.25, 0.3) is 5.56 Å². The van der Waals surface area contributed by atoms with E-state index >= 15 is 0 Å². The maximum absolute atomic E-state index is 13.0. The van der Waals surface area contributed by atoms with Gasteiger partial charge in [-0.15, -0.1) is 0 Å². The molecule has 37 heavy (non-hydrogen) atoms. The maximum atomic E-state index is 13.0. The van der Waals surface area contributed by atoms with Crippen LogP contribution in [0.25, 0.3) is 11.0 Å². The molecule has 0 fully saturated rings. The lowest BCUT2D eigenvalue weighted by Gasteiger charge is -2.12. The molecule has 0 spiro atoms. The Kier molecular flexibility index (Phi) is 7.16. The zero-order valence-electron chi connectivity index (χ0n) is 19.8. The van der Waals surface area contributed by atoms with E-state index in [1.807, 2.05) is 0 Å². The molecule has 3 N–H and O–H groups in total. The lowest BCUT2D eigenvalue weighted by atomic mass is 10.2. The number of halogens is 3. The molecular weight excluding hydrogens is 493 g/mol. The number of aryl methyl sites for hydroxylation is 1. The van der Waals surface area contributed by atoms with Crippen LogP contribution in [0.5, 0.6) is 5.75 Å². The first-order valence-corrected chi connectivity index (χ1v) is 11.1. The summed E-state index contributed by atoms with van der Waals surface area (Å²) in [5, 5.41) is 18.8. The van der Waals surface area contributed by atoms with Crippen molar-refractivity contribution in [3.05, 3.63) is 70.8 Å². The molecule has 0 saturated carbocycles. The summed E-state index contributed by atoms with van der Waals surface area (Å²) in [5.74, 6) is 0.247. The number of alkyl halides is 3. The molecule has 0 saturated heterocycles. The third-order valence-corrected chi connectivity index (χ3v) is 5.33. The Morgan fingerprint density at radius 3 is 2.38 bits per heavy atom. The number of hydrogen-bond donors (Lipinski definition) is 3. The number of hydrogen-bond acceptors (Lipinski definition) is 7. The molecule has 10 nitrogen and oxygen atoms in total. The minimum absolute atomic E-state index is 0.115. The van der Waals surface area contributed by atoms with E-state index in [4.69, 9.17) is 9.84 Å². The molecule has 4 rings (SSSR count). The minimum atomic E-state index is -4.45. The number of fused-ring (bicyclic) bond motifs is 1. The number of aliphatic hydroxyl groups excluding tert-OH is 1. The Morgan fingerprint density at radius 1 is 1.11 bits per heavy atom. The van der Waals surface area contributed by atoms with Gasteiger partial charge in [-0.1, -0.05) is 0 Å². The first-order chi connectivity index (χ1) is 17.5. The van der Waals surface area contributed by atoms with Gasteiger partial charge in [0.1, 0.15) is 23.9 Å². The summed E-state index contributed by atoms with van der Waals surface area (Å²) in [6, 6.07) is 10.9. The predicted molar refractivity (Wildman–Crippen MR) is 130 cm³/mol. The number of aliphatic hydroxyl groups is 1. The normalized spacial score (nSPS) is 12.4. The van der Waals surface area contributed by atoms with Crippen molar-refractivity contribution in [3.8, 4) is 5.75 Å². The van der Waals surface area contributed by atoms with Crippen molar-refractivity contribution in [2.45, 2.75) is 25.7 Å². The second kappa shape index (κ2) is 10.3. The summed E-state index contributed by atoms with van der Waals surface area (Å²) in [5.41, 5.74) is -0.164. The average Bonchev–Trinajstić information content (AvgIpc) is 3.17. The molecule has 2 aromatic heterocycles. The maximum Gasteiger partial charge on any atom is 0.416 e. The zero-order chi connectivity index (χ0) is 26.7. The number of amides is 1. The van der Waals surface area contributed by atoms with Crippen LogP contribution in [0.2, 0.25) is 0 Å². The van der Waals surface area contributed by atoms with Gasteiger partial charge in [0.2, 0.25) is 5.91 Å². The molecule has 0 radical (unpaired) electrons. The van der Waals surface area contributed by atoms with Gasteiger partial charge in [0.15, 0.2) is 11.3 Å². The number of carbonyl (C=O) groups excluding carboxylic acids is 1. The third-order valence-electron chi connectivity index (χ3n) is 5.33. The number of nitrogens with zero attached hydrogens (tertiary/aromatic N) is 4. The van der Waals surface area contributed by atoms with Crippen LogP contribution in [0.4, 0.5) is 30.4 Å². The van der Waals surface area contributed by atoms with Crippen molar-refractivity contribution in [1.29, 1.82) is 0 Å². The number of nitrogens with one attached hydrogen (secondary N) is 2. The highest BCUT2D eigenvalue weighted by molar-refractivity contribution is 5.91. The number of carbonyl (C=O) groups is 1. The van der Waals surface area contributed by atoms with Crippen LogP contribution in [-0.4, -0.2) is 43.1 Å². The standard InChI is InChI=1S/C24H23F3N6O4/c1-14(12-34)37-18-9-7-16(8-10-18)29-19(35)11-33-13-28-20-21(23(33)36)32(2)31-22(20)30-17-5-3-15(4-6-17)24(25,26)27/h3-10,13-14,34H,11-12H2,1-2H3,(H,29,35)(H,30,31)/t14-/m0/s1. The van der Waals surface area contributed by atoms with E-state index in [9.17, 15) is 22.8 Å².